The topological polar surface area (TPSA) is 87.5 Å². The summed E-state index contributed by atoms with van der Waals surface area (Å²) in [5.41, 5.74) is 4.24. The van der Waals surface area contributed by atoms with Gasteiger partial charge in [-0.05, 0) is 28.5 Å². The molecule has 0 aliphatic heterocycles. The molecule has 3 aromatic carbocycles. The van der Waals surface area contributed by atoms with Crippen molar-refractivity contribution in [3.63, 3.8) is 0 Å². The molecule has 0 radical (unpaired) electrons. The quantitative estimate of drug-likeness (QED) is 0.217. The molecule has 0 aliphatic carbocycles. The summed E-state index contributed by atoms with van der Waals surface area (Å²) in [6.45, 7) is 0. The molecule has 0 unspecified atom stereocenters. The van der Waals surface area contributed by atoms with Gasteiger partial charge >= 0.3 is 0 Å². The highest BCUT2D eigenvalue weighted by Gasteiger charge is 2.09. The van der Waals surface area contributed by atoms with E-state index in [2.05, 4.69) is 51.1 Å². The summed E-state index contributed by atoms with van der Waals surface area (Å²) < 4.78 is 1.61. The lowest BCUT2D eigenvalue weighted by atomic mass is 10.1. The molecule has 156 valence electrons. The lowest BCUT2D eigenvalue weighted by Gasteiger charge is -2.04. The van der Waals surface area contributed by atoms with Crippen LogP contribution in [0.15, 0.2) is 80.5 Å². The van der Waals surface area contributed by atoms with Crippen molar-refractivity contribution in [1.29, 1.82) is 0 Å². The predicted octanol–water partition coefficient (Wildman–Crippen LogP) is 4.93. The van der Waals surface area contributed by atoms with Crippen molar-refractivity contribution < 1.29 is 9.90 Å². The molecule has 9 heteroatoms. The Morgan fingerprint density at radius 1 is 1.00 bits per heavy atom. The number of nitrogens with one attached hydrogen (secondary N) is 1. The van der Waals surface area contributed by atoms with E-state index in [0.29, 0.717) is 5.56 Å². The number of fused-ring (bicyclic) bond motifs is 1. The Morgan fingerprint density at radius 2 is 1.74 bits per heavy atom. The molecular formula is C22H18N4O2S3. The second kappa shape index (κ2) is 10.4. The van der Waals surface area contributed by atoms with Gasteiger partial charge in [0.2, 0.25) is 0 Å². The number of rotatable bonds is 8. The maximum absolute atomic E-state index is 12.0. The van der Waals surface area contributed by atoms with Gasteiger partial charge in [0.1, 0.15) is 5.75 Å². The van der Waals surface area contributed by atoms with Gasteiger partial charge in [0.15, 0.2) is 8.68 Å². The number of benzene rings is 3. The van der Waals surface area contributed by atoms with E-state index in [9.17, 15) is 9.90 Å². The SMILES string of the molecule is O=C(CSc1nnc(SCc2cccc3ccccc23)s1)N/N=C/c1ccccc1O. The Kier molecular flexibility index (Phi) is 7.18. The zero-order valence-corrected chi connectivity index (χ0v) is 18.7. The maximum Gasteiger partial charge on any atom is 0.250 e. The van der Waals surface area contributed by atoms with Gasteiger partial charge in [-0.15, -0.1) is 10.2 Å². The minimum Gasteiger partial charge on any atom is -0.507 e. The molecule has 2 N–H and O–H groups in total. The van der Waals surface area contributed by atoms with Crippen molar-refractivity contribution in [2.24, 2.45) is 5.10 Å². The average Bonchev–Trinajstić information content (AvgIpc) is 3.25. The lowest BCUT2D eigenvalue weighted by molar-refractivity contribution is -0.118. The van der Waals surface area contributed by atoms with E-state index < -0.39 is 0 Å². The van der Waals surface area contributed by atoms with Crippen LogP contribution < -0.4 is 5.43 Å². The van der Waals surface area contributed by atoms with Gasteiger partial charge in [0, 0.05) is 11.3 Å². The highest BCUT2D eigenvalue weighted by molar-refractivity contribution is 8.03. The first kappa shape index (κ1) is 21.4. The van der Waals surface area contributed by atoms with Crippen LogP contribution in [0.4, 0.5) is 0 Å². The van der Waals surface area contributed by atoms with Gasteiger partial charge in [0.25, 0.3) is 5.91 Å². The summed E-state index contributed by atoms with van der Waals surface area (Å²) in [5.74, 6) is 0.845. The number of phenolic OH excluding ortho intramolecular Hbond substituents is 1. The van der Waals surface area contributed by atoms with Crippen LogP contribution in [-0.4, -0.2) is 33.2 Å². The fourth-order valence-electron chi connectivity index (χ4n) is 2.80. The third-order valence-electron chi connectivity index (χ3n) is 4.28. The third-order valence-corrected chi connectivity index (χ3v) is 7.51. The number of hydrogen-bond acceptors (Lipinski definition) is 8. The van der Waals surface area contributed by atoms with Crippen LogP contribution in [0.2, 0.25) is 0 Å². The minimum atomic E-state index is -0.253. The van der Waals surface area contributed by atoms with Crippen LogP contribution in [0, 0.1) is 0 Å². The Labute approximate surface area is 191 Å². The summed E-state index contributed by atoms with van der Waals surface area (Å²) in [5, 5.41) is 24.4. The molecule has 31 heavy (non-hydrogen) atoms. The summed E-state index contributed by atoms with van der Waals surface area (Å²) in [6.07, 6.45) is 1.41. The van der Waals surface area contributed by atoms with E-state index in [0.717, 1.165) is 14.4 Å². The monoisotopic (exact) mass is 466 g/mol. The number of phenols is 1. The highest BCUT2D eigenvalue weighted by atomic mass is 32.2. The Hall–Kier alpha value is -2.88. The number of aromatic nitrogens is 2. The van der Waals surface area contributed by atoms with Gasteiger partial charge in [-0.2, -0.15) is 5.10 Å². The lowest BCUT2D eigenvalue weighted by Crippen LogP contribution is -2.19. The number of nitrogens with zero attached hydrogens (tertiary/aromatic N) is 3. The maximum atomic E-state index is 12.0. The van der Waals surface area contributed by atoms with Crippen LogP contribution in [0.5, 0.6) is 5.75 Å². The molecule has 0 spiro atoms. The molecule has 0 atom stereocenters. The molecule has 4 aromatic rings. The van der Waals surface area contributed by atoms with Crippen molar-refractivity contribution in [2.45, 2.75) is 14.4 Å². The number of para-hydroxylation sites is 1. The standard InChI is InChI=1S/C22H18N4O2S3/c27-19-11-4-2-7-16(19)12-23-24-20(28)14-30-22-26-25-21(31-22)29-13-17-9-5-8-15-6-1-3-10-18(15)17/h1-12,27H,13-14H2,(H,24,28)/b23-12+. The average molecular weight is 467 g/mol. The summed E-state index contributed by atoms with van der Waals surface area (Å²) >= 11 is 4.43. The third kappa shape index (κ3) is 5.84. The first-order chi connectivity index (χ1) is 15.2. The van der Waals surface area contributed by atoms with E-state index in [1.807, 2.05) is 12.1 Å². The summed E-state index contributed by atoms with van der Waals surface area (Å²) in [6, 6.07) is 21.4. The largest absolute Gasteiger partial charge is 0.507 e. The van der Waals surface area contributed by atoms with E-state index in [1.165, 1.54) is 45.6 Å². The number of aromatic hydroxyl groups is 1. The smallest absolute Gasteiger partial charge is 0.250 e. The molecule has 1 aromatic heterocycles. The first-order valence-corrected chi connectivity index (χ1v) is 12.1. The van der Waals surface area contributed by atoms with Crippen molar-refractivity contribution >= 4 is 57.8 Å². The van der Waals surface area contributed by atoms with Crippen molar-refractivity contribution in [3.8, 4) is 5.75 Å². The second-order valence-corrected chi connectivity index (χ2v) is 9.82. The van der Waals surface area contributed by atoms with Crippen molar-refractivity contribution in [3.05, 3.63) is 77.9 Å². The normalized spacial score (nSPS) is 11.2. The minimum absolute atomic E-state index is 0.109. The summed E-state index contributed by atoms with van der Waals surface area (Å²) in [4.78, 5) is 12.0. The Balaban J connectivity index is 1.26. The molecule has 6 nitrogen and oxygen atoms in total. The number of amides is 1. The van der Waals surface area contributed by atoms with E-state index in [1.54, 1.807) is 36.0 Å². The number of carbonyl (C=O) groups excluding carboxylic acids is 1. The number of thioether (sulfide) groups is 2. The van der Waals surface area contributed by atoms with Gasteiger partial charge in [-0.3, -0.25) is 4.79 Å². The van der Waals surface area contributed by atoms with Crippen LogP contribution in [-0.2, 0) is 10.5 Å². The van der Waals surface area contributed by atoms with Crippen LogP contribution in [0.3, 0.4) is 0 Å². The van der Waals surface area contributed by atoms with Gasteiger partial charge in [-0.25, -0.2) is 5.43 Å². The first-order valence-electron chi connectivity index (χ1n) is 9.35. The van der Waals surface area contributed by atoms with E-state index in [4.69, 9.17) is 0 Å². The molecule has 0 bridgehead atoms. The second-order valence-electron chi connectivity index (χ2n) is 6.40. The van der Waals surface area contributed by atoms with E-state index in [-0.39, 0.29) is 17.4 Å². The Morgan fingerprint density at radius 3 is 2.61 bits per heavy atom. The molecular weight excluding hydrogens is 448 g/mol. The van der Waals surface area contributed by atoms with Gasteiger partial charge < -0.3 is 5.11 Å². The molecule has 0 fully saturated rings. The summed E-state index contributed by atoms with van der Waals surface area (Å²) in [7, 11) is 0. The molecule has 0 saturated heterocycles. The molecule has 1 amide bonds. The van der Waals surface area contributed by atoms with Gasteiger partial charge in [0.05, 0.1) is 12.0 Å². The van der Waals surface area contributed by atoms with Crippen molar-refractivity contribution in [1.82, 2.24) is 15.6 Å². The van der Waals surface area contributed by atoms with Crippen LogP contribution in [0.25, 0.3) is 10.8 Å². The number of hydrazone groups is 1. The number of carbonyl (C=O) groups is 1. The zero-order valence-electron chi connectivity index (χ0n) is 16.3. The van der Waals surface area contributed by atoms with Crippen molar-refractivity contribution in [2.75, 3.05) is 5.75 Å². The predicted molar refractivity (Wildman–Crippen MR) is 128 cm³/mol. The zero-order chi connectivity index (χ0) is 21.5. The number of hydrogen-bond donors (Lipinski definition) is 2. The fraction of sp³-hybridized carbons (Fsp3) is 0.0909. The van der Waals surface area contributed by atoms with Crippen LogP contribution >= 0.6 is 34.9 Å². The van der Waals surface area contributed by atoms with E-state index >= 15 is 0 Å². The molecule has 0 saturated carbocycles. The Bertz CT molecular complexity index is 1220. The molecule has 1 heterocycles. The highest BCUT2D eigenvalue weighted by Crippen LogP contribution is 2.32. The molecule has 4 rings (SSSR count). The fourth-order valence-corrected chi connectivity index (χ4v) is 5.62. The van der Waals surface area contributed by atoms with Gasteiger partial charge in [-0.1, -0.05) is 89.5 Å². The molecule has 0 aliphatic rings. The van der Waals surface area contributed by atoms with Crippen LogP contribution in [0.1, 0.15) is 11.1 Å².